The Hall–Kier alpha value is -4.26. The van der Waals surface area contributed by atoms with Gasteiger partial charge in [0, 0.05) is 48.0 Å². The fourth-order valence-corrected chi connectivity index (χ4v) is 3.79. The zero-order chi connectivity index (χ0) is 22.1. The van der Waals surface area contributed by atoms with E-state index in [0.717, 1.165) is 40.1 Å². The molecule has 0 aliphatic heterocycles. The summed E-state index contributed by atoms with van der Waals surface area (Å²) in [5.74, 6) is 1.38. The highest BCUT2D eigenvalue weighted by Crippen LogP contribution is 2.22. The minimum atomic E-state index is -0.147. The molecule has 5 aromatic rings. The van der Waals surface area contributed by atoms with Gasteiger partial charge in [0.25, 0.3) is 5.91 Å². The van der Waals surface area contributed by atoms with Crippen molar-refractivity contribution >= 4 is 22.5 Å². The smallest absolute Gasteiger partial charge is 0.272 e. The van der Waals surface area contributed by atoms with Crippen molar-refractivity contribution in [1.29, 1.82) is 0 Å². The predicted molar refractivity (Wildman–Crippen MR) is 125 cm³/mol. The van der Waals surface area contributed by atoms with Crippen molar-refractivity contribution in [1.82, 2.24) is 24.3 Å². The van der Waals surface area contributed by atoms with Gasteiger partial charge in [-0.25, -0.2) is 9.67 Å². The quantitative estimate of drug-likeness (QED) is 0.448. The third-order valence-corrected chi connectivity index (χ3v) is 5.48. The molecule has 1 N–H and O–H groups in total. The Morgan fingerprint density at radius 3 is 2.47 bits per heavy atom. The lowest BCUT2D eigenvalue weighted by molar-refractivity contribution is 0.101. The highest BCUT2D eigenvalue weighted by molar-refractivity contribution is 6.06. The van der Waals surface area contributed by atoms with E-state index in [1.807, 2.05) is 83.0 Å². The number of aryl methyl sites for hydroxylation is 2. The van der Waals surface area contributed by atoms with Crippen LogP contribution in [0.25, 0.3) is 28.0 Å². The summed E-state index contributed by atoms with van der Waals surface area (Å²) in [6, 6.07) is 21.3. The van der Waals surface area contributed by atoms with Crippen molar-refractivity contribution < 1.29 is 4.79 Å². The fraction of sp³-hybridized carbons (Fsp3) is 0.120. The average molecular weight is 422 g/mol. The van der Waals surface area contributed by atoms with E-state index < -0.39 is 0 Å². The third kappa shape index (κ3) is 3.54. The summed E-state index contributed by atoms with van der Waals surface area (Å²) < 4.78 is 3.74. The highest BCUT2D eigenvalue weighted by Gasteiger charge is 2.15. The van der Waals surface area contributed by atoms with Crippen molar-refractivity contribution in [3.8, 4) is 17.1 Å². The first-order chi connectivity index (χ1) is 15.6. The van der Waals surface area contributed by atoms with Gasteiger partial charge in [0.1, 0.15) is 11.5 Å². The number of para-hydroxylation sites is 1. The minimum absolute atomic E-state index is 0.147. The summed E-state index contributed by atoms with van der Waals surface area (Å²) >= 11 is 0. The normalized spacial score (nSPS) is 11.1. The molecule has 1 amide bonds. The molecule has 32 heavy (non-hydrogen) atoms. The van der Waals surface area contributed by atoms with Crippen molar-refractivity contribution in [2.24, 2.45) is 7.05 Å². The molecule has 3 heterocycles. The molecular weight excluding hydrogens is 400 g/mol. The molecule has 0 atom stereocenters. The monoisotopic (exact) mass is 422 g/mol. The van der Waals surface area contributed by atoms with Gasteiger partial charge in [0.05, 0.1) is 5.69 Å². The SMILES string of the molecule is CCc1nc(-c2ccncc2)nn1-c1ccc(NC(=O)c2cc3ccccc3n2C)cc1. The maximum atomic E-state index is 12.9. The number of hydrogen-bond donors (Lipinski definition) is 1. The number of anilines is 1. The minimum Gasteiger partial charge on any atom is -0.340 e. The molecule has 7 heteroatoms. The van der Waals surface area contributed by atoms with E-state index in [1.54, 1.807) is 12.4 Å². The number of fused-ring (bicyclic) bond motifs is 1. The van der Waals surface area contributed by atoms with E-state index in [1.165, 1.54) is 0 Å². The van der Waals surface area contributed by atoms with Crippen LogP contribution in [0.15, 0.2) is 79.1 Å². The van der Waals surface area contributed by atoms with E-state index in [-0.39, 0.29) is 5.91 Å². The molecule has 0 saturated carbocycles. The van der Waals surface area contributed by atoms with E-state index in [2.05, 4.69) is 27.3 Å². The number of carbonyl (C=O) groups is 1. The zero-order valence-electron chi connectivity index (χ0n) is 17.9. The average Bonchev–Trinajstić information content (AvgIpc) is 3.42. The molecule has 0 aliphatic carbocycles. The van der Waals surface area contributed by atoms with Gasteiger partial charge >= 0.3 is 0 Å². The highest BCUT2D eigenvalue weighted by atomic mass is 16.1. The van der Waals surface area contributed by atoms with Crippen LogP contribution in [0.1, 0.15) is 23.2 Å². The topological polar surface area (TPSA) is 77.6 Å². The van der Waals surface area contributed by atoms with Crippen LogP contribution in [-0.4, -0.2) is 30.2 Å². The van der Waals surface area contributed by atoms with Crippen molar-refractivity contribution in [2.45, 2.75) is 13.3 Å². The Bertz CT molecular complexity index is 1400. The van der Waals surface area contributed by atoms with E-state index >= 15 is 0 Å². The number of benzene rings is 2. The molecule has 0 fully saturated rings. The first kappa shape index (κ1) is 19.7. The number of amides is 1. The Kier molecular flexibility index (Phi) is 4.99. The van der Waals surface area contributed by atoms with E-state index in [0.29, 0.717) is 11.5 Å². The second-order valence-electron chi connectivity index (χ2n) is 7.50. The number of nitrogens with zero attached hydrogens (tertiary/aromatic N) is 5. The summed E-state index contributed by atoms with van der Waals surface area (Å²) in [6.45, 7) is 2.05. The van der Waals surface area contributed by atoms with Crippen molar-refractivity contribution in [3.05, 3.63) is 90.6 Å². The molecule has 5 rings (SSSR count). The summed E-state index contributed by atoms with van der Waals surface area (Å²) in [5.41, 5.74) is 4.17. The molecule has 0 bridgehead atoms. The van der Waals surface area contributed by atoms with Crippen LogP contribution < -0.4 is 5.32 Å². The van der Waals surface area contributed by atoms with Gasteiger partial charge in [-0.15, -0.1) is 5.10 Å². The molecule has 0 saturated heterocycles. The molecule has 0 unspecified atom stereocenters. The Morgan fingerprint density at radius 2 is 1.75 bits per heavy atom. The Labute approximate surface area is 185 Å². The summed E-state index contributed by atoms with van der Waals surface area (Å²) in [7, 11) is 1.90. The van der Waals surface area contributed by atoms with Gasteiger partial charge in [-0.05, 0) is 48.5 Å². The molecule has 0 radical (unpaired) electrons. The zero-order valence-corrected chi connectivity index (χ0v) is 17.9. The Morgan fingerprint density at radius 1 is 1.00 bits per heavy atom. The second-order valence-corrected chi connectivity index (χ2v) is 7.50. The lowest BCUT2D eigenvalue weighted by Crippen LogP contribution is -2.15. The van der Waals surface area contributed by atoms with Crippen LogP contribution in [0.2, 0.25) is 0 Å². The number of hydrogen-bond acceptors (Lipinski definition) is 4. The number of pyridine rings is 1. The van der Waals surface area contributed by atoms with Crippen LogP contribution in [0.4, 0.5) is 5.69 Å². The van der Waals surface area contributed by atoms with Crippen LogP contribution in [-0.2, 0) is 13.5 Å². The lowest BCUT2D eigenvalue weighted by atomic mass is 10.2. The number of carbonyl (C=O) groups excluding carboxylic acids is 1. The van der Waals surface area contributed by atoms with Gasteiger partial charge in [0.2, 0.25) is 0 Å². The fourth-order valence-electron chi connectivity index (χ4n) is 3.79. The maximum Gasteiger partial charge on any atom is 0.272 e. The van der Waals surface area contributed by atoms with Gasteiger partial charge in [0.15, 0.2) is 5.82 Å². The van der Waals surface area contributed by atoms with Crippen LogP contribution in [0.3, 0.4) is 0 Å². The van der Waals surface area contributed by atoms with Gasteiger partial charge < -0.3 is 9.88 Å². The van der Waals surface area contributed by atoms with Gasteiger partial charge in [-0.2, -0.15) is 0 Å². The lowest BCUT2D eigenvalue weighted by Gasteiger charge is -2.09. The standard InChI is InChI=1S/C25H22N6O/c1-3-23-28-24(17-12-14-26-15-13-17)29-31(23)20-10-8-19(9-11-20)27-25(32)22-16-18-6-4-5-7-21(18)30(22)2/h4-16H,3H2,1-2H3,(H,27,32). The predicted octanol–water partition coefficient (Wildman–Crippen LogP) is 4.64. The summed E-state index contributed by atoms with van der Waals surface area (Å²) in [4.78, 5) is 21.6. The number of nitrogens with one attached hydrogen (secondary N) is 1. The van der Waals surface area contributed by atoms with Gasteiger partial charge in [-0.1, -0.05) is 25.1 Å². The molecular formula is C25H22N6O. The Balaban J connectivity index is 1.39. The first-order valence-corrected chi connectivity index (χ1v) is 10.5. The molecule has 0 aliphatic rings. The second kappa shape index (κ2) is 8.11. The number of aromatic nitrogens is 5. The van der Waals surface area contributed by atoms with Crippen molar-refractivity contribution in [3.63, 3.8) is 0 Å². The molecule has 7 nitrogen and oxygen atoms in total. The van der Waals surface area contributed by atoms with Crippen LogP contribution in [0, 0.1) is 0 Å². The first-order valence-electron chi connectivity index (χ1n) is 10.5. The number of rotatable bonds is 5. The van der Waals surface area contributed by atoms with Crippen LogP contribution >= 0.6 is 0 Å². The van der Waals surface area contributed by atoms with Gasteiger partial charge in [-0.3, -0.25) is 9.78 Å². The van der Waals surface area contributed by atoms with Crippen LogP contribution in [0.5, 0.6) is 0 Å². The largest absolute Gasteiger partial charge is 0.340 e. The summed E-state index contributed by atoms with van der Waals surface area (Å²) in [5, 5.41) is 8.71. The van der Waals surface area contributed by atoms with Crippen molar-refractivity contribution in [2.75, 3.05) is 5.32 Å². The molecule has 0 spiro atoms. The molecule has 3 aromatic heterocycles. The molecule has 158 valence electrons. The van der Waals surface area contributed by atoms with E-state index in [4.69, 9.17) is 0 Å². The third-order valence-electron chi connectivity index (χ3n) is 5.48. The maximum absolute atomic E-state index is 12.9. The summed E-state index contributed by atoms with van der Waals surface area (Å²) in [6.07, 6.45) is 4.21. The molecule has 2 aromatic carbocycles. The van der Waals surface area contributed by atoms with E-state index in [9.17, 15) is 4.79 Å².